The molecule has 0 unspecified atom stereocenters. The summed E-state index contributed by atoms with van der Waals surface area (Å²) < 4.78 is 38.1. The molecule has 1 aromatic carbocycles. The molecule has 0 aliphatic carbocycles. The Bertz CT molecular complexity index is 809. The maximum atomic E-state index is 12.8. The van der Waals surface area contributed by atoms with Gasteiger partial charge in [0.25, 0.3) is 11.7 Å². The lowest BCUT2D eigenvalue weighted by atomic mass is 10.1. The van der Waals surface area contributed by atoms with Crippen LogP contribution < -0.4 is 14.8 Å². The van der Waals surface area contributed by atoms with Crippen molar-refractivity contribution in [3.63, 3.8) is 0 Å². The number of carbonyl (C=O) groups is 1. The van der Waals surface area contributed by atoms with Crippen molar-refractivity contribution in [3.05, 3.63) is 53.7 Å². The highest BCUT2D eigenvalue weighted by Crippen LogP contribution is 2.28. The van der Waals surface area contributed by atoms with Crippen molar-refractivity contribution in [2.24, 2.45) is 0 Å². The van der Waals surface area contributed by atoms with Crippen molar-refractivity contribution in [2.45, 2.75) is 20.0 Å². The van der Waals surface area contributed by atoms with Gasteiger partial charge in [-0.25, -0.2) is 4.98 Å². The average molecular weight is 407 g/mol. The van der Waals surface area contributed by atoms with Crippen molar-refractivity contribution in [1.29, 1.82) is 0 Å². The summed E-state index contributed by atoms with van der Waals surface area (Å²) in [5, 5.41) is 0. The Hall–Kier alpha value is -2.77. The van der Waals surface area contributed by atoms with Crippen LogP contribution in [0.3, 0.4) is 0 Å². The van der Waals surface area contributed by atoms with Gasteiger partial charge >= 0.3 is 6.18 Å². The predicted octanol–water partition coefficient (Wildman–Crippen LogP) is 3.33. The van der Waals surface area contributed by atoms with Crippen molar-refractivity contribution < 1.29 is 22.9 Å². The van der Waals surface area contributed by atoms with Gasteiger partial charge in [0.2, 0.25) is 0 Å². The normalized spacial score (nSPS) is 14.8. The Morgan fingerprint density at radius 1 is 1.00 bits per heavy atom. The minimum Gasteiger partial charge on any atom is -0.372 e. The zero-order valence-corrected chi connectivity index (χ0v) is 16.7. The third-order valence-electron chi connectivity index (χ3n) is 5.27. The fourth-order valence-corrected chi connectivity index (χ4v) is 3.53. The summed E-state index contributed by atoms with van der Waals surface area (Å²) in [7, 11) is 0. The summed E-state index contributed by atoms with van der Waals surface area (Å²) in [6.45, 7) is 8.17. The van der Waals surface area contributed by atoms with E-state index < -0.39 is 11.7 Å². The van der Waals surface area contributed by atoms with Gasteiger partial charge in [-0.1, -0.05) is 0 Å². The van der Waals surface area contributed by atoms with E-state index in [0.29, 0.717) is 37.6 Å². The fourth-order valence-electron chi connectivity index (χ4n) is 3.53. The lowest BCUT2D eigenvalue weighted by molar-refractivity contribution is -0.367. The number of aromatic nitrogens is 1. The molecule has 1 fully saturated rings. The van der Waals surface area contributed by atoms with Crippen molar-refractivity contribution in [3.8, 4) is 0 Å². The van der Waals surface area contributed by atoms with Crippen LogP contribution in [0.2, 0.25) is 0 Å². The van der Waals surface area contributed by atoms with Gasteiger partial charge < -0.3 is 9.80 Å². The van der Waals surface area contributed by atoms with E-state index in [0.717, 1.165) is 31.0 Å². The van der Waals surface area contributed by atoms with E-state index in [4.69, 9.17) is 0 Å². The van der Waals surface area contributed by atoms with E-state index in [1.807, 2.05) is 29.2 Å². The van der Waals surface area contributed by atoms with Crippen LogP contribution in [0.4, 0.5) is 24.7 Å². The van der Waals surface area contributed by atoms with E-state index in [9.17, 15) is 18.0 Å². The third-order valence-corrected chi connectivity index (χ3v) is 5.27. The first-order valence-corrected chi connectivity index (χ1v) is 9.81. The van der Waals surface area contributed by atoms with Gasteiger partial charge in [0.15, 0.2) is 0 Å². The first kappa shape index (κ1) is 21.0. The highest BCUT2D eigenvalue weighted by atomic mass is 19.4. The lowest BCUT2D eigenvalue weighted by Crippen LogP contribution is -2.50. The van der Waals surface area contributed by atoms with Crippen LogP contribution in [0.1, 0.15) is 29.8 Å². The molecule has 3 rings (SSSR count). The first-order chi connectivity index (χ1) is 13.8. The molecule has 2 heterocycles. The standard InChI is InChI=1S/C21H25F3N4O/c1-3-26(4-2)18-8-5-16(6-9-18)20(29)28-13-11-27(12-14-28)19-10-7-17(15-25-19)21(22,23)24/h5-10,15H,3-4,11-14H2,1-2H3/p+1. The van der Waals surface area contributed by atoms with E-state index >= 15 is 0 Å². The zero-order chi connectivity index (χ0) is 21.0. The Morgan fingerprint density at radius 2 is 1.62 bits per heavy atom. The van der Waals surface area contributed by atoms with Crippen LogP contribution >= 0.6 is 0 Å². The molecule has 5 nitrogen and oxygen atoms in total. The maximum Gasteiger partial charge on any atom is 0.419 e. The highest BCUT2D eigenvalue weighted by molar-refractivity contribution is 5.94. The van der Waals surface area contributed by atoms with Gasteiger partial charge in [-0.3, -0.25) is 9.69 Å². The summed E-state index contributed by atoms with van der Waals surface area (Å²) in [5.74, 6) is 0.598. The second-order valence-corrected chi connectivity index (χ2v) is 6.96. The molecular weight excluding hydrogens is 381 g/mol. The van der Waals surface area contributed by atoms with Crippen LogP contribution in [-0.4, -0.2) is 50.1 Å². The van der Waals surface area contributed by atoms with Gasteiger partial charge in [0.1, 0.15) is 19.3 Å². The predicted molar refractivity (Wildman–Crippen MR) is 106 cm³/mol. The van der Waals surface area contributed by atoms with Gasteiger partial charge in [0, 0.05) is 30.4 Å². The number of rotatable bonds is 5. The maximum absolute atomic E-state index is 12.8. The second-order valence-electron chi connectivity index (χ2n) is 6.96. The molecule has 8 heteroatoms. The molecule has 156 valence electrons. The van der Waals surface area contributed by atoms with Crippen LogP contribution in [0.25, 0.3) is 0 Å². The SMILES string of the molecule is CCN(CC)c1ccc(C(=O)N2CCN(c3ccc(C(F)(F)F)c[nH+]3)CC2)cc1. The van der Waals surface area contributed by atoms with Crippen molar-refractivity contribution in [2.75, 3.05) is 49.1 Å². The molecule has 2 aromatic rings. The minimum atomic E-state index is -4.36. The van der Waals surface area contributed by atoms with Crippen LogP contribution in [0.5, 0.6) is 0 Å². The number of nitrogens with one attached hydrogen (secondary N) is 1. The number of hydrogen-bond donors (Lipinski definition) is 0. The van der Waals surface area contributed by atoms with Crippen LogP contribution in [-0.2, 0) is 6.18 Å². The molecule has 0 bridgehead atoms. The quantitative estimate of drug-likeness (QED) is 0.764. The molecule has 29 heavy (non-hydrogen) atoms. The molecule has 0 atom stereocenters. The summed E-state index contributed by atoms with van der Waals surface area (Å²) in [6, 6.07) is 10.1. The largest absolute Gasteiger partial charge is 0.419 e. The number of anilines is 2. The van der Waals surface area contributed by atoms with E-state index in [1.54, 1.807) is 4.90 Å². The number of alkyl halides is 3. The number of carbonyl (C=O) groups excluding carboxylic acids is 1. The fraction of sp³-hybridized carbons (Fsp3) is 0.429. The molecule has 0 saturated carbocycles. The van der Waals surface area contributed by atoms with E-state index in [-0.39, 0.29) is 5.91 Å². The van der Waals surface area contributed by atoms with Crippen LogP contribution in [0.15, 0.2) is 42.6 Å². The van der Waals surface area contributed by atoms with Gasteiger partial charge in [-0.15, -0.1) is 0 Å². The summed E-state index contributed by atoms with van der Waals surface area (Å²) in [6.07, 6.45) is -3.38. The summed E-state index contributed by atoms with van der Waals surface area (Å²) >= 11 is 0. The second kappa shape index (κ2) is 8.71. The minimum absolute atomic E-state index is 0.0212. The average Bonchev–Trinajstić information content (AvgIpc) is 2.74. The summed E-state index contributed by atoms with van der Waals surface area (Å²) in [5.41, 5.74) is 1.04. The van der Waals surface area contributed by atoms with Gasteiger partial charge in [-0.05, 0) is 44.2 Å². The molecule has 1 aliphatic rings. The topological polar surface area (TPSA) is 40.9 Å². The molecule has 0 spiro atoms. The zero-order valence-electron chi connectivity index (χ0n) is 16.7. The van der Waals surface area contributed by atoms with E-state index in [2.05, 4.69) is 23.7 Å². The third kappa shape index (κ3) is 4.81. The number of benzene rings is 1. The number of pyridine rings is 1. The first-order valence-electron chi connectivity index (χ1n) is 9.81. The number of amides is 1. The van der Waals surface area contributed by atoms with Crippen LogP contribution in [0, 0.1) is 0 Å². The molecule has 1 aliphatic heterocycles. The Balaban J connectivity index is 1.59. The number of hydrogen-bond acceptors (Lipinski definition) is 3. The monoisotopic (exact) mass is 407 g/mol. The van der Waals surface area contributed by atoms with Gasteiger partial charge in [0.05, 0.1) is 18.7 Å². The van der Waals surface area contributed by atoms with Crippen molar-refractivity contribution in [1.82, 2.24) is 4.90 Å². The number of H-pyrrole nitrogens is 1. The highest BCUT2D eigenvalue weighted by Gasteiger charge is 2.33. The molecule has 1 amide bonds. The van der Waals surface area contributed by atoms with Crippen molar-refractivity contribution >= 4 is 17.4 Å². The van der Waals surface area contributed by atoms with Gasteiger partial charge in [-0.2, -0.15) is 13.2 Å². The molecule has 1 aromatic heterocycles. The summed E-state index contributed by atoms with van der Waals surface area (Å²) in [4.78, 5) is 21.4. The lowest BCUT2D eigenvalue weighted by Gasteiger charge is -2.31. The Morgan fingerprint density at radius 3 is 2.10 bits per heavy atom. The number of nitrogens with zero attached hydrogens (tertiary/aromatic N) is 3. The number of aromatic amines is 1. The number of halogens is 3. The molecule has 0 radical (unpaired) electrons. The molecule has 1 saturated heterocycles. The molecule has 1 N–H and O–H groups in total. The Kier molecular flexibility index (Phi) is 6.30. The smallest absolute Gasteiger partial charge is 0.372 e. The Labute approximate surface area is 168 Å². The number of piperazine rings is 1. The molecular formula is C21H26F3N4O+. The van der Waals surface area contributed by atoms with E-state index in [1.165, 1.54) is 6.07 Å².